The van der Waals surface area contributed by atoms with Crippen LogP contribution in [0.5, 0.6) is 17.2 Å². The van der Waals surface area contributed by atoms with Gasteiger partial charge in [0.1, 0.15) is 17.2 Å². The highest BCUT2D eigenvalue weighted by atomic mass is 16.5. The summed E-state index contributed by atoms with van der Waals surface area (Å²) in [5.74, 6) is 1.30. The molecule has 0 radical (unpaired) electrons. The van der Waals surface area contributed by atoms with Gasteiger partial charge in [0.2, 0.25) is 0 Å². The highest BCUT2D eigenvalue weighted by Gasteiger charge is 2.17. The molecule has 1 N–H and O–H groups in total. The normalized spacial score (nSPS) is 11.0. The van der Waals surface area contributed by atoms with Crippen LogP contribution in [0.25, 0.3) is 0 Å². The monoisotopic (exact) mass is 475 g/mol. The Morgan fingerprint density at radius 2 is 1.43 bits per heavy atom. The standard InChI is InChI=1S/C29H33NO5/c1-5-29(2,3)22-10-16-25(17-11-22)34-20-6-7-27(31)35-26-14-8-21(9-15-26)28(32)30-23-12-18-24(33-4)19-13-23/h8-19H,5-7,20H2,1-4H3,(H,30,32). The molecule has 0 bridgehead atoms. The summed E-state index contributed by atoms with van der Waals surface area (Å²) in [6, 6.07) is 21.6. The quantitative estimate of drug-likeness (QED) is 0.197. The maximum Gasteiger partial charge on any atom is 0.311 e. The van der Waals surface area contributed by atoms with Gasteiger partial charge in [-0.05, 0) is 84.5 Å². The second-order valence-corrected chi connectivity index (χ2v) is 8.89. The SMILES string of the molecule is CCC(C)(C)c1ccc(OCCCC(=O)Oc2ccc(C(=O)Nc3ccc(OC)cc3)cc2)cc1. The number of amides is 1. The van der Waals surface area contributed by atoms with Crippen LogP contribution in [-0.2, 0) is 10.2 Å². The van der Waals surface area contributed by atoms with Gasteiger partial charge in [-0.25, -0.2) is 0 Å². The summed E-state index contributed by atoms with van der Waals surface area (Å²) in [4.78, 5) is 24.6. The summed E-state index contributed by atoms with van der Waals surface area (Å²) in [6.45, 7) is 7.05. The van der Waals surface area contributed by atoms with Crippen molar-refractivity contribution in [2.75, 3.05) is 19.0 Å². The van der Waals surface area contributed by atoms with Crippen LogP contribution in [0.3, 0.4) is 0 Å². The van der Waals surface area contributed by atoms with E-state index in [4.69, 9.17) is 14.2 Å². The van der Waals surface area contributed by atoms with Gasteiger partial charge in [0.05, 0.1) is 13.7 Å². The average Bonchev–Trinajstić information content (AvgIpc) is 2.87. The van der Waals surface area contributed by atoms with Gasteiger partial charge in [0.25, 0.3) is 5.91 Å². The summed E-state index contributed by atoms with van der Waals surface area (Å²) in [5, 5.41) is 2.81. The third-order valence-electron chi connectivity index (χ3n) is 6.01. The highest BCUT2D eigenvalue weighted by molar-refractivity contribution is 6.04. The smallest absolute Gasteiger partial charge is 0.311 e. The Bertz CT molecular complexity index is 1100. The number of esters is 1. The lowest BCUT2D eigenvalue weighted by atomic mass is 9.82. The van der Waals surface area contributed by atoms with Crippen LogP contribution >= 0.6 is 0 Å². The number of carbonyl (C=O) groups is 2. The van der Waals surface area contributed by atoms with Crippen molar-refractivity contribution in [3.8, 4) is 17.2 Å². The summed E-state index contributed by atoms with van der Waals surface area (Å²) >= 11 is 0. The van der Waals surface area contributed by atoms with Gasteiger partial charge in [0, 0.05) is 17.7 Å². The number of rotatable bonds is 11. The van der Waals surface area contributed by atoms with Gasteiger partial charge in [0.15, 0.2) is 0 Å². The Hall–Kier alpha value is -3.80. The Morgan fingerprint density at radius 1 is 0.829 bits per heavy atom. The molecule has 0 fully saturated rings. The van der Waals surface area contributed by atoms with E-state index in [0.29, 0.717) is 35.8 Å². The van der Waals surface area contributed by atoms with Crippen molar-refractivity contribution >= 4 is 17.6 Å². The molecule has 6 nitrogen and oxygen atoms in total. The van der Waals surface area contributed by atoms with Crippen LogP contribution in [0.1, 0.15) is 56.0 Å². The van der Waals surface area contributed by atoms with Crippen LogP contribution in [-0.4, -0.2) is 25.6 Å². The summed E-state index contributed by atoms with van der Waals surface area (Å²) in [5.41, 5.74) is 2.54. The molecule has 3 rings (SSSR count). The number of methoxy groups -OCH3 is 1. The first-order valence-corrected chi connectivity index (χ1v) is 11.8. The van der Waals surface area contributed by atoms with E-state index in [-0.39, 0.29) is 23.7 Å². The topological polar surface area (TPSA) is 73.9 Å². The van der Waals surface area contributed by atoms with E-state index in [1.807, 2.05) is 12.1 Å². The largest absolute Gasteiger partial charge is 0.497 e. The maximum atomic E-state index is 12.4. The molecule has 3 aromatic rings. The first kappa shape index (κ1) is 25.8. The molecule has 35 heavy (non-hydrogen) atoms. The Labute approximate surface area is 207 Å². The molecule has 0 saturated carbocycles. The molecule has 0 unspecified atom stereocenters. The molecule has 0 atom stereocenters. The third kappa shape index (κ3) is 7.60. The fourth-order valence-corrected chi connectivity index (χ4v) is 3.35. The number of hydrogen-bond donors (Lipinski definition) is 1. The Morgan fingerprint density at radius 3 is 2.03 bits per heavy atom. The van der Waals surface area contributed by atoms with Crippen molar-refractivity contribution in [1.82, 2.24) is 0 Å². The molecule has 184 valence electrons. The van der Waals surface area contributed by atoms with E-state index >= 15 is 0 Å². The zero-order valence-electron chi connectivity index (χ0n) is 20.8. The van der Waals surface area contributed by atoms with Gasteiger partial charge < -0.3 is 19.5 Å². The molecule has 0 spiro atoms. The van der Waals surface area contributed by atoms with Gasteiger partial charge in [-0.15, -0.1) is 0 Å². The minimum atomic E-state index is -0.343. The van der Waals surface area contributed by atoms with E-state index in [9.17, 15) is 9.59 Å². The minimum absolute atomic E-state index is 0.140. The number of anilines is 1. The number of carbonyl (C=O) groups excluding carboxylic acids is 2. The zero-order chi connectivity index (χ0) is 25.3. The lowest BCUT2D eigenvalue weighted by molar-refractivity contribution is -0.134. The average molecular weight is 476 g/mol. The fraction of sp³-hybridized carbons (Fsp3) is 0.310. The Kier molecular flexibility index (Phi) is 8.90. The molecule has 0 aromatic heterocycles. The van der Waals surface area contributed by atoms with Crippen molar-refractivity contribution in [2.45, 2.75) is 45.4 Å². The van der Waals surface area contributed by atoms with Crippen molar-refractivity contribution < 1.29 is 23.8 Å². The van der Waals surface area contributed by atoms with Crippen LogP contribution in [0.4, 0.5) is 5.69 Å². The molecule has 6 heteroatoms. The molecular formula is C29H33NO5. The molecule has 3 aromatic carbocycles. The molecule has 0 aliphatic rings. The number of nitrogens with one attached hydrogen (secondary N) is 1. The number of hydrogen-bond acceptors (Lipinski definition) is 5. The van der Waals surface area contributed by atoms with Crippen LogP contribution < -0.4 is 19.5 Å². The van der Waals surface area contributed by atoms with Gasteiger partial charge in [-0.3, -0.25) is 9.59 Å². The molecular weight excluding hydrogens is 442 g/mol. The minimum Gasteiger partial charge on any atom is -0.497 e. The third-order valence-corrected chi connectivity index (χ3v) is 6.01. The summed E-state index contributed by atoms with van der Waals surface area (Å²) in [6.07, 6.45) is 1.85. The molecule has 0 heterocycles. The predicted octanol–water partition coefficient (Wildman–Crippen LogP) is 6.40. The van der Waals surface area contributed by atoms with Crippen molar-refractivity contribution in [3.63, 3.8) is 0 Å². The van der Waals surface area contributed by atoms with Crippen molar-refractivity contribution in [2.24, 2.45) is 0 Å². The number of benzene rings is 3. The van der Waals surface area contributed by atoms with Gasteiger partial charge >= 0.3 is 5.97 Å². The van der Waals surface area contributed by atoms with Crippen molar-refractivity contribution in [3.05, 3.63) is 83.9 Å². The van der Waals surface area contributed by atoms with Crippen LogP contribution in [0.2, 0.25) is 0 Å². The van der Waals surface area contributed by atoms with E-state index in [0.717, 1.165) is 12.2 Å². The number of ether oxygens (including phenoxy) is 3. The van der Waals surface area contributed by atoms with Gasteiger partial charge in [-0.1, -0.05) is 32.9 Å². The fourth-order valence-electron chi connectivity index (χ4n) is 3.35. The van der Waals surface area contributed by atoms with Crippen LogP contribution in [0, 0.1) is 0 Å². The first-order chi connectivity index (χ1) is 16.8. The van der Waals surface area contributed by atoms with E-state index < -0.39 is 0 Å². The first-order valence-electron chi connectivity index (χ1n) is 11.8. The predicted molar refractivity (Wildman–Crippen MR) is 138 cm³/mol. The summed E-state index contributed by atoms with van der Waals surface area (Å²) < 4.78 is 16.2. The maximum absolute atomic E-state index is 12.4. The second-order valence-electron chi connectivity index (χ2n) is 8.89. The van der Waals surface area contributed by atoms with Crippen LogP contribution in [0.15, 0.2) is 72.8 Å². The second kappa shape index (κ2) is 12.1. The molecule has 1 amide bonds. The lowest BCUT2D eigenvalue weighted by Gasteiger charge is -2.23. The lowest BCUT2D eigenvalue weighted by Crippen LogP contribution is -2.15. The molecule has 0 aliphatic carbocycles. The zero-order valence-corrected chi connectivity index (χ0v) is 20.8. The highest BCUT2D eigenvalue weighted by Crippen LogP contribution is 2.28. The van der Waals surface area contributed by atoms with Crippen molar-refractivity contribution in [1.29, 1.82) is 0 Å². The molecule has 0 aliphatic heterocycles. The van der Waals surface area contributed by atoms with E-state index in [1.54, 1.807) is 55.6 Å². The van der Waals surface area contributed by atoms with E-state index in [1.165, 1.54) is 5.56 Å². The van der Waals surface area contributed by atoms with Gasteiger partial charge in [-0.2, -0.15) is 0 Å². The Balaban J connectivity index is 1.40. The molecule has 0 saturated heterocycles. The van der Waals surface area contributed by atoms with E-state index in [2.05, 4.69) is 38.2 Å². The summed E-state index contributed by atoms with van der Waals surface area (Å²) in [7, 11) is 1.59.